The molecule has 0 heterocycles. The van der Waals surface area contributed by atoms with Crippen LogP contribution >= 0.6 is 0 Å². The van der Waals surface area contributed by atoms with Crippen molar-refractivity contribution >= 4 is 0 Å². The molecule has 0 saturated carbocycles. The maximum atomic E-state index is 5.69. The molecule has 1 unspecified atom stereocenters. The normalized spacial score (nSPS) is 11.9. The topological polar surface area (TPSA) is 9.23 Å². The first kappa shape index (κ1) is 33.5. The average Bonchev–Trinajstić information content (AvgIpc) is 2.65. The zero-order valence-electron chi connectivity index (χ0n) is 20.0. The minimum atomic E-state index is 0. The van der Waals surface area contributed by atoms with Crippen LogP contribution in [0.25, 0.3) is 0 Å². The smallest absolute Gasteiger partial charge is 0.0570 e. The Hall–Kier alpha value is -0.0400. The molecule has 0 aromatic carbocycles. The summed E-state index contributed by atoms with van der Waals surface area (Å²) in [6, 6.07) is 0. The van der Waals surface area contributed by atoms with Crippen molar-refractivity contribution in [3.8, 4) is 0 Å². The first-order valence-corrected chi connectivity index (χ1v) is 11.4. The van der Waals surface area contributed by atoms with Gasteiger partial charge < -0.3 is 4.74 Å². The van der Waals surface area contributed by atoms with Crippen LogP contribution in [0.1, 0.15) is 135 Å². The zero-order chi connectivity index (χ0) is 20.3. The fourth-order valence-electron chi connectivity index (χ4n) is 2.44. The molecule has 0 aliphatic heterocycles. The molecular formula is C25H58O. The standard InChI is InChI=1S/C10H22O.C9H20.C5H12.CH4/c1-5-9(4)8-11-10(6-2)7-3;1-5-9(6-2,7-3)8-4;1-4-5(2)3;/h9-10H,5-8H2,1-4H3;5-8H2,1-4H3;5H,4H2,1-3H3;1H4. The fraction of sp³-hybridized carbons (Fsp3) is 1.00. The summed E-state index contributed by atoms with van der Waals surface area (Å²) in [7, 11) is 0. The van der Waals surface area contributed by atoms with E-state index in [-0.39, 0.29) is 7.43 Å². The highest BCUT2D eigenvalue weighted by molar-refractivity contribution is 4.72. The monoisotopic (exact) mass is 374 g/mol. The lowest BCUT2D eigenvalue weighted by atomic mass is 9.78. The Labute approximate surface area is 170 Å². The SMILES string of the molecule is C.CCC(C)C.CCC(C)COC(CC)CC.CCC(CC)(CC)CC. The molecule has 26 heavy (non-hydrogen) atoms. The van der Waals surface area contributed by atoms with Crippen LogP contribution in [0.3, 0.4) is 0 Å². The molecule has 0 spiro atoms. The van der Waals surface area contributed by atoms with Gasteiger partial charge in [0.2, 0.25) is 0 Å². The van der Waals surface area contributed by atoms with Crippen LogP contribution in [0.15, 0.2) is 0 Å². The van der Waals surface area contributed by atoms with Gasteiger partial charge in [-0.2, -0.15) is 0 Å². The zero-order valence-corrected chi connectivity index (χ0v) is 20.0. The first-order chi connectivity index (χ1) is 11.8. The molecule has 0 aliphatic rings. The van der Waals surface area contributed by atoms with Crippen LogP contribution in [0.2, 0.25) is 0 Å². The van der Waals surface area contributed by atoms with Crippen molar-refractivity contribution in [2.24, 2.45) is 17.3 Å². The Morgan fingerprint density at radius 2 is 0.962 bits per heavy atom. The van der Waals surface area contributed by atoms with Gasteiger partial charge in [0.15, 0.2) is 0 Å². The van der Waals surface area contributed by atoms with Gasteiger partial charge in [-0.15, -0.1) is 0 Å². The number of rotatable bonds is 11. The van der Waals surface area contributed by atoms with E-state index in [1.807, 2.05) is 0 Å². The van der Waals surface area contributed by atoms with E-state index in [2.05, 4.69) is 76.2 Å². The summed E-state index contributed by atoms with van der Waals surface area (Å²) in [6.07, 6.45) is 10.7. The first-order valence-electron chi connectivity index (χ1n) is 11.4. The van der Waals surface area contributed by atoms with Crippen LogP contribution < -0.4 is 0 Å². The van der Waals surface area contributed by atoms with Crippen molar-refractivity contribution in [2.75, 3.05) is 6.61 Å². The van der Waals surface area contributed by atoms with E-state index in [1.165, 1.54) is 38.5 Å². The summed E-state index contributed by atoms with van der Waals surface area (Å²) in [5, 5.41) is 0. The van der Waals surface area contributed by atoms with Gasteiger partial charge in [-0.25, -0.2) is 0 Å². The summed E-state index contributed by atoms with van der Waals surface area (Å²) in [4.78, 5) is 0. The molecule has 0 fully saturated rings. The van der Waals surface area contributed by atoms with Gasteiger partial charge >= 0.3 is 0 Å². The van der Waals surface area contributed by atoms with E-state index >= 15 is 0 Å². The third kappa shape index (κ3) is 20.3. The largest absolute Gasteiger partial charge is 0.378 e. The van der Waals surface area contributed by atoms with E-state index in [9.17, 15) is 0 Å². The predicted molar refractivity (Wildman–Crippen MR) is 125 cm³/mol. The van der Waals surface area contributed by atoms with Gasteiger partial charge in [0.25, 0.3) is 0 Å². The fourth-order valence-corrected chi connectivity index (χ4v) is 2.44. The second-order valence-electron chi connectivity index (χ2n) is 8.00. The molecule has 1 atom stereocenters. The molecular weight excluding hydrogens is 316 g/mol. The van der Waals surface area contributed by atoms with Crippen molar-refractivity contribution in [1.82, 2.24) is 0 Å². The van der Waals surface area contributed by atoms with E-state index in [1.54, 1.807) is 0 Å². The third-order valence-electron chi connectivity index (χ3n) is 6.04. The van der Waals surface area contributed by atoms with Crippen LogP contribution in [-0.2, 0) is 4.74 Å². The highest BCUT2D eigenvalue weighted by Gasteiger charge is 2.20. The minimum Gasteiger partial charge on any atom is -0.378 e. The van der Waals surface area contributed by atoms with E-state index in [4.69, 9.17) is 4.74 Å². The molecule has 0 rings (SSSR count). The lowest BCUT2D eigenvalue weighted by Gasteiger charge is -2.28. The molecule has 0 radical (unpaired) electrons. The molecule has 1 nitrogen and oxygen atoms in total. The van der Waals surface area contributed by atoms with Crippen LogP contribution in [0.5, 0.6) is 0 Å². The molecule has 0 aliphatic carbocycles. The van der Waals surface area contributed by atoms with Gasteiger partial charge in [0.1, 0.15) is 0 Å². The molecule has 0 amide bonds. The van der Waals surface area contributed by atoms with Crippen molar-refractivity contribution in [1.29, 1.82) is 0 Å². The predicted octanol–water partition coefficient (Wildman–Crippen LogP) is 9.54. The lowest BCUT2D eigenvalue weighted by molar-refractivity contribution is 0.0275. The summed E-state index contributed by atoms with van der Waals surface area (Å²) in [5.74, 6) is 1.60. The summed E-state index contributed by atoms with van der Waals surface area (Å²) in [6.45, 7) is 25.6. The second kappa shape index (κ2) is 23.0. The Morgan fingerprint density at radius 3 is 1.12 bits per heavy atom. The summed E-state index contributed by atoms with van der Waals surface area (Å²) >= 11 is 0. The van der Waals surface area contributed by atoms with Crippen LogP contribution in [-0.4, -0.2) is 12.7 Å². The van der Waals surface area contributed by atoms with Crippen LogP contribution in [0, 0.1) is 17.3 Å². The molecule has 164 valence electrons. The van der Waals surface area contributed by atoms with Crippen molar-refractivity contribution in [2.45, 2.75) is 141 Å². The average molecular weight is 375 g/mol. The highest BCUT2D eigenvalue weighted by atomic mass is 16.5. The molecule has 0 N–H and O–H groups in total. The van der Waals surface area contributed by atoms with Gasteiger partial charge in [-0.1, -0.05) is 122 Å². The van der Waals surface area contributed by atoms with Gasteiger partial charge in [-0.3, -0.25) is 0 Å². The Bertz CT molecular complexity index is 209. The van der Waals surface area contributed by atoms with Crippen molar-refractivity contribution in [3.63, 3.8) is 0 Å². The second-order valence-corrected chi connectivity index (χ2v) is 8.00. The van der Waals surface area contributed by atoms with Crippen molar-refractivity contribution < 1.29 is 4.74 Å². The van der Waals surface area contributed by atoms with Crippen LogP contribution in [0.4, 0.5) is 0 Å². The Balaban J connectivity index is -0.000000146. The minimum absolute atomic E-state index is 0. The van der Waals surface area contributed by atoms with E-state index in [0.29, 0.717) is 11.5 Å². The maximum absolute atomic E-state index is 5.69. The molecule has 1 heteroatoms. The molecule has 0 saturated heterocycles. The quantitative estimate of drug-likeness (QED) is 0.350. The van der Waals surface area contributed by atoms with Gasteiger partial charge in [-0.05, 0) is 30.1 Å². The Kier molecular flexibility index (Phi) is 29.7. The number of hydrogen-bond acceptors (Lipinski definition) is 1. The molecule has 0 bridgehead atoms. The lowest BCUT2D eigenvalue weighted by Crippen LogP contribution is -2.15. The van der Waals surface area contributed by atoms with Gasteiger partial charge in [0.05, 0.1) is 6.10 Å². The van der Waals surface area contributed by atoms with E-state index in [0.717, 1.165) is 31.3 Å². The Morgan fingerprint density at radius 1 is 0.615 bits per heavy atom. The number of ether oxygens (including phenoxy) is 1. The maximum Gasteiger partial charge on any atom is 0.0570 e. The summed E-state index contributed by atoms with van der Waals surface area (Å²) in [5.41, 5.74) is 0.667. The molecule has 0 aromatic rings. The van der Waals surface area contributed by atoms with Crippen molar-refractivity contribution in [3.05, 3.63) is 0 Å². The number of hydrogen-bond donors (Lipinski definition) is 0. The highest BCUT2D eigenvalue weighted by Crippen LogP contribution is 2.33. The third-order valence-corrected chi connectivity index (χ3v) is 6.04. The molecule has 0 aromatic heterocycles. The van der Waals surface area contributed by atoms with E-state index < -0.39 is 0 Å². The van der Waals surface area contributed by atoms with Gasteiger partial charge in [0, 0.05) is 6.61 Å². The summed E-state index contributed by atoms with van der Waals surface area (Å²) < 4.78 is 5.69.